The van der Waals surface area contributed by atoms with Crippen molar-refractivity contribution in [1.82, 2.24) is 20.2 Å². The summed E-state index contributed by atoms with van der Waals surface area (Å²) < 4.78 is 5.33. The average Bonchev–Trinajstić information content (AvgIpc) is 3.34. The molecule has 1 aliphatic rings. The van der Waals surface area contributed by atoms with Crippen molar-refractivity contribution >= 4 is 45.7 Å². The van der Waals surface area contributed by atoms with Gasteiger partial charge in [-0.25, -0.2) is 9.97 Å². The van der Waals surface area contributed by atoms with E-state index in [1.807, 2.05) is 37.3 Å². The number of nitrogens with one attached hydrogen (secondary N) is 1. The van der Waals surface area contributed by atoms with Gasteiger partial charge in [-0.05, 0) is 63.2 Å². The second-order valence-electron chi connectivity index (χ2n) is 8.37. The van der Waals surface area contributed by atoms with Crippen LogP contribution in [0.1, 0.15) is 46.1 Å². The van der Waals surface area contributed by atoms with E-state index in [9.17, 15) is 9.59 Å². The Morgan fingerprint density at radius 2 is 1.97 bits per heavy atom. The molecule has 1 fully saturated rings. The van der Waals surface area contributed by atoms with Gasteiger partial charge in [0.2, 0.25) is 5.91 Å². The topological polar surface area (TPSA) is 84.4 Å². The number of ether oxygens (including phenoxy) is 1. The highest BCUT2D eigenvalue weighted by atomic mass is 32.2. The lowest BCUT2D eigenvalue weighted by atomic mass is 10.1. The highest BCUT2D eigenvalue weighted by molar-refractivity contribution is 8.00. The molecule has 1 aliphatic heterocycles. The van der Waals surface area contributed by atoms with Crippen LogP contribution in [0, 0.1) is 6.92 Å². The molecule has 0 bridgehead atoms. The highest BCUT2D eigenvalue weighted by Crippen LogP contribution is 2.29. The van der Waals surface area contributed by atoms with Crippen LogP contribution in [-0.4, -0.2) is 59.1 Å². The Morgan fingerprint density at radius 1 is 1.15 bits per heavy atom. The average molecular weight is 499 g/mol. The molecule has 1 N–H and O–H groups in total. The summed E-state index contributed by atoms with van der Waals surface area (Å²) in [4.78, 5) is 38.1. The fourth-order valence-electron chi connectivity index (χ4n) is 3.97. The highest BCUT2D eigenvalue weighted by Gasteiger charge is 2.15. The second kappa shape index (κ2) is 11.8. The van der Waals surface area contributed by atoms with Crippen molar-refractivity contribution in [3.63, 3.8) is 0 Å². The van der Waals surface area contributed by atoms with Gasteiger partial charge < -0.3 is 15.0 Å². The molecule has 1 amide bonds. The Kier molecular flexibility index (Phi) is 8.53. The van der Waals surface area contributed by atoms with E-state index in [1.165, 1.54) is 42.4 Å². The molecule has 0 atom stereocenters. The van der Waals surface area contributed by atoms with Gasteiger partial charge in [-0.3, -0.25) is 9.59 Å². The summed E-state index contributed by atoms with van der Waals surface area (Å²) in [7, 11) is 1.62. The van der Waals surface area contributed by atoms with Crippen molar-refractivity contribution in [3.05, 3.63) is 45.9 Å². The van der Waals surface area contributed by atoms with Crippen molar-refractivity contribution in [3.8, 4) is 5.75 Å². The number of fused-ring (bicyclic) bond motifs is 1. The normalized spacial score (nSPS) is 14.3. The monoisotopic (exact) mass is 498 g/mol. The van der Waals surface area contributed by atoms with Gasteiger partial charge in [0.1, 0.15) is 16.6 Å². The summed E-state index contributed by atoms with van der Waals surface area (Å²) >= 11 is 2.85. The minimum atomic E-state index is 0.0463. The number of aromatic nitrogens is 2. The minimum Gasteiger partial charge on any atom is -0.497 e. The Labute approximate surface area is 208 Å². The maximum Gasteiger partial charge on any atom is 0.221 e. The van der Waals surface area contributed by atoms with Crippen LogP contribution in [-0.2, 0) is 11.3 Å². The fourth-order valence-corrected chi connectivity index (χ4v) is 5.89. The summed E-state index contributed by atoms with van der Waals surface area (Å²) in [6, 6.07) is 9.44. The van der Waals surface area contributed by atoms with Crippen LogP contribution in [0.5, 0.6) is 5.75 Å². The van der Waals surface area contributed by atoms with Gasteiger partial charge in [0.05, 0.1) is 29.8 Å². The van der Waals surface area contributed by atoms with Crippen LogP contribution in [0.4, 0.5) is 0 Å². The van der Waals surface area contributed by atoms with Gasteiger partial charge in [0, 0.05) is 23.2 Å². The molecule has 4 rings (SSSR count). The number of amides is 1. The number of nitrogens with zero attached hydrogens (tertiary/aromatic N) is 3. The number of likely N-dealkylation sites (tertiary alicyclic amines) is 1. The largest absolute Gasteiger partial charge is 0.497 e. The van der Waals surface area contributed by atoms with Crippen LogP contribution in [0.25, 0.3) is 10.9 Å². The number of carbonyl (C=O) groups excluding carboxylic acids is 2. The van der Waals surface area contributed by atoms with E-state index in [-0.39, 0.29) is 17.4 Å². The Bertz CT molecular complexity index is 1160. The smallest absolute Gasteiger partial charge is 0.221 e. The number of aryl methyl sites for hydroxylation is 1. The first-order chi connectivity index (χ1) is 16.5. The van der Waals surface area contributed by atoms with Crippen molar-refractivity contribution in [2.24, 2.45) is 0 Å². The lowest BCUT2D eigenvalue weighted by Crippen LogP contribution is -2.34. The molecule has 0 radical (unpaired) electrons. The molecule has 0 spiro atoms. The first-order valence-electron chi connectivity index (χ1n) is 11.6. The number of ketones is 1. The Balaban J connectivity index is 1.29. The van der Waals surface area contributed by atoms with Crippen molar-refractivity contribution < 1.29 is 14.3 Å². The number of rotatable bonds is 10. The van der Waals surface area contributed by atoms with Crippen LogP contribution in [0.15, 0.2) is 35.4 Å². The number of thiophene rings is 1. The molecule has 180 valence electrons. The van der Waals surface area contributed by atoms with E-state index in [1.54, 1.807) is 7.11 Å². The number of thioether (sulfide) groups is 1. The van der Waals surface area contributed by atoms with E-state index >= 15 is 0 Å². The van der Waals surface area contributed by atoms with E-state index in [0.29, 0.717) is 23.7 Å². The van der Waals surface area contributed by atoms with Crippen molar-refractivity contribution in [1.29, 1.82) is 0 Å². The standard InChI is InChI=1S/C25H30N4O3S2/c1-17-27-21-8-6-18(32-2)14-20(21)25(28-17)33-16-22(30)23-9-7-19(34-23)15-26-24(31)10-13-29-11-4-3-5-12-29/h6-9,14H,3-5,10-13,15-16H2,1-2H3,(H,26,31). The molecule has 0 unspecified atom stereocenters. The van der Waals surface area contributed by atoms with Gasteiger partial charge in [0.15, 0.2) is 5.78 Å². The van der Waals surface area contributed by atoms with Crippen LogP contribution >= 0.6 is 23.1 Å². The van der Waals surface area contributed by atoms with Gasteiger partial charge >= 0.3 is 0 Å². The van der Waals surface area contributed by atoms with Gasteiger partial charge in [-0.2, -0.15) is 0 Å². The molecule has 0 aliphatic carbocycles. The maximum atomic E-state index is 12.8. The van der Waals surface area contributed by atoms with Crippen LogP contribution < -0.4 is 10.1 Å². The molecule has 7 nitrogen and oxygen atoms in total. The molecular weight excluding hydrogens is 468 g/mol. The zero-order valence-corrected chi connectivity index (χ0v) is 21.3. The fraction of sp³-hybridized carbons (Fsp3) is 0.440. The third-order valence-corrected chi connectivity index (χ3v) is 7.94. The minimum absolute atomic E-state index is 0.0463. The zero-order chi connectivity index (χ0) is 23.9. The summed E-state index contributed by atoms with van der Waals surface area (Å²) in [6.45, 7) is 5.32. The van der Waals surface area contributed by atoms with Gasteiger partial charge in [0.25, 0.3) is 0 Å². The molecular formula is C25H30N4O3S2. The Morgan fingerprint density at radius 3 is 2.76 bits per heavy atom. The molecule has 9 heteroatoms. The number of hydrogen-bond acceptors (Lipinski definition) is 8. The summed E-state index contributed by atoms with van der Waals surface area (Å²) in [6.07, 6.45) is 4.27. The predicted molar refractivity (Wildman–Crippen MR) is 137 cm³/mol. The number of benzene rings is 1. The first-order valence-corrected chi connectivity index (χ1v) is 13.4. The van der Waals surface area contributed by atoms with E-state index in [2.05, 4.69) is 20.2 Å². The molecule has 3 aromatic rings. The number of hydrogen-bond donors (Lipinski definition) is 1. The summed E-state index contributed by atoms with van der Waals surface area (Å²) in [5, 5.41) is 4.63. The maximum absolute atomic E-state index is 12.8. The van der Waals surface area contributed by atoms with Crippen molar-refractivity contribution in [2.45, 2.75) is 44.2 Å². The first kappa shape index (κ1) is 24.6. The number of piperidine rings is 1. The third kappa shape index (κ3) is 6.55. The summed E-state index contributed by atoms with van der Waals surface area (Å²) in [5.41, 5.74) is 0.831. The summed E-state index contributed by atoms with van der Waals surface area (Å²) in [5.74, 6) is 1.79. The quantitative estimate of drug-likeness (QED) is 0.251. The zero-order valence-electron chi connectivity index (χ0n) is 19.6. The van der Waals surface area contributed by atoms with E-state index in [0.717, 1.165) is 46.2 Å². The SMILES string of the molecule is COc1ccc2nc(C)nc(SCC(=O)c3ccc(CNC(=O)CCN4CCCCC4)s3)c2c1. The molecule has 34 heavy (non-hydrogen) atoms. The van der Waals surface area contributed by atoms with E-state index < -0.39 is 0 Å². The van der Waals surface area contributed by atoms with Gasteiger partial charge in [-0.15, -0.1) is 11.3 Å². The number of Topliss-reactive ketones (excluding diaryl/α,β-unsaturated/α-hetero) is 1. The van der Waals surface area contributed by atoms with Crippen LogP contribution in [0.3, 0.4) is 0 Å². The van der Waals surface area contributed by atoms with Gasteiger partial charge in [-0.1, -0.05) is 18.2 Å². The molecule has 0 saturated carbocycles. The van der Waals surface area contributed by atoms with E-state index in [4.69, 9.17) is 4.74 Å². The molecule has 1 saturated heterocycles. The molecule has 3 heterocycles. The number of methoxy groups -OCH3 is 1. The third-order valence-electron chi connectivity index (χ3n) is 5.82. The lowest BCUT2D eigenvalue weighted by Gasteiger charge is -2.25. The van der Waals surface area contributed by atoms with Crippen molar-refractivity contribution in [2.75, 3.05) is 32.5 Å². The molecule has 1 aromatic carbocycles. The molecule has 2 aromatic heterocycles. The number of carbonyl (C=O) groups is 2. The lowest BCUT2D eigenvalue weighted by molar-refractivity contribution is -0.121. The van der Waals surface area contributed by atoms with Crippen LogP contribution in [0.2, 0.25) is 0 Å². The Hall–Kier alpha value is -2.49. The predicted octanol–water partition coefficient (Wildman–Crippen LogP) is 4.48. The second-order valence-corrected chi connectivity index (χ2v) is 10.5.